The number of fused-ring (bicyclic) bond motifs is 1. The summed E-state index contributed by atoms with van der Waals surface area (Å²) >= 11 is 7.31. The van der Waals surface area contributed by atoms with Gasteiger partial charge in [0.15, 0.2) is 17.3 Å². The quantitative estimate of drug-likeness (QED) is 0.298. The van der Waals surface area contributed by atoms with Gasteiger partial charge in [-0.2, -0.15) is 10.1 Å². The summed E-state index contributed by atoms with van der Waals surface area (Å²) in [6, 6.07) is 6.45. The van der Waals surface area contributed by atoms with Crippen LogP contribution < -0.4 is 5.43 Å². The molecule has 0 saturated heterocycles. The first-order valence-electron chi connectivity index (χ1n) is 5.86. The molecule has 106 valence electrons. The molecule has 0 fully saturated rings. The fraction of sp³-hybridized carbons (Fsp3) is 0. The highest BCUT2D eigenvalue weighted by atomic mass is 35.5. The van der Waals surface area contributed by atoms with Gasteiger partial charge in [-0.05, 0) is 35.2 Å². The van der Waals surface area contributed by atoms with Crippen LogP contribution in [0, 0.1) is 0 Å². The molecule has 21 heavy (non-hydrogen) atoms. The number of halogens is 1. The summed E-state index contributed by atoms with van der Waals surface area (Å²) in [7, 11) is 0. The number of rotatable bonds is 3. The summed E-state index contributed by atoms with van der Waals surface area (Å²) in [5, 5.41) is 25.1. The number of hydrazone groups is 1. The Morgan fingerprint density at radius 2 is 2.10 bits per heavy atom. The molecule has 0 saturated carbocycles. The van der Waals surface area contributed by atoms with Crippen molar-refractivity contribution in [3.63, 3.8) is 0 Å². The van der Waals surface area contributed by atoms with Crippen molar-refractivity contribution in [3.8, 4) is 11.5 Å². The standard InChI is InChI=1S/C13H9ClN4O2S/c14-13-16-8-4-5-21-11(8)12(17-13)18-15-6-7-2-1-3-9(19)10(7)20/h1-6,19-20H,(H,16,17,18). The van der Waals surface area contributed by atoms with Gasteiger partial charge in [-0.1, -0.05) is 6.07 Å². The fourth-order valence-electron chi connectivity index (χ4n) is 1.73. The smallest absolute Gasteiger partial charge is 0.225 e. The molecule has 0 amide bonds. The maximum atomic E-state index is 9.66. The lowest BCUT2D eigenvalue weighted by molar-refractivity contribution is 0.403. The molecule has 8 heteroatoms. The van der Waals surface area contributed by atoms with Gasteiger partial charge < -0.3 is 10.2 Å². The van der Waals surface area contributed by atoms with Gasteiger partial charge in [-0.15, -0.1) is 11.3 Å². The van der Waals surface area contributed by atoms with Gasteiger partial charge in [0, 0.05) is 5.56 Å². The first-order chi connectivity index (χ1) is 10.1. The van der Waals surface area contributed by atoms with Crippen LogP contribution in [0.15, 0.2) is 34.7 Å². The molecule has 2 heterocycles. The highest BCUT2D eigenvalue weighted by molar-refractivity contribution is 7.17. The number of hydrogen-bond donors (Lipinski definition) is 3. The van der Waals surface area contributed by atoms with Crippen molar-refractivity contribution in [2.24, 2.45) is 5.10 Å². The minimum absolute atomic E-state index is 0.124. The molecule has 0 aliphatic carbocycles. The van der Waals surface area contributed by atoms with Gasteiger partial charge in [0.1, 0.15) is 0 Å². The van der Waals surface area contributed by atoms with Gasteiger partial charge in [-0.3, -0.25) is 5.43 Å². The molecule has 1 aromatic carbocycles. The normalized spacial score (nSPS) is 11.3. The van der Waals surface area contributed by atoms with E-state index in [4.69, 9.17) is 11.6 Å². The third kappa shape index (κ3) is 2.74. The van der Waals surface area contributed by atoms with Crippen molar-refractivity contribution >= 4 is 45.2 Å². The molecule has 0 unspecified atom stereocenters. The Kier molecular flexibility index (Phi) is 3.59. The Hall–Kier alpha value is -2.38. The van der Waals surface area contributed by atoms with Crippen LogP contribution in [0.4, 0.5) is 5.82 Å². The second-order valence-corrected chi connectivity index (χ2v) is 5.32. The van der Waals surface area contributed by atoms with Gasteiger partial charge >= 0.3 is 0 Å². The minimum atomic E-state index is -0.231. The molecule has 0 spiro atoms. The lowest BCUT2D eigenvalue weighted by Gasteiger charge is -2.02. The zero-order valence-corrected chi connectivity index (χ0v) is 12.1. The van der Waals surface area contributed by atoms with E-state index in [1.807, 2.05) is 11.4 Å². The van der Waals surface area contributed by atoms with Crippen LogP contribution in [0.25, 0.3) is 10.2 Å². The van der Waals surface area contributed by atoms with E-state index >= 15 is 0 Å². The number of aromatic nitrogens is 2. The van der Waals surface area contributed by atoms with Crippen molar-refractivity contribution in [3.05, 3.63) is 40.5 Å². The third-order valence-corrected chi connectivity index (χ3v) is 3.78. The van der Waals surface area contributed by atoms with E-state index in [0.29, 0.717) is 11.4 Å². The van der Waals surface area contributed by atoms with E-state index in [2.05, 4.69) is 20.5 Å². The predicted octanol–water partition coefficient (Wildman–Crippen LogP) is 3.20. The molecule has 3 aromatic rings. The van der Waals surface area contributed by atoms with Crippen molar-refractivity contribution < 1.29 is 10.2 Å². The molecule has 6 nitrogen and oxygen atoms in total. The van der Waals surface area contributed by atoms with Crippen LogP contribution in [-0.4, -0.2) is 26.4 Å². The number of anilines is 1. The Bertz CT molecular complexity index is 834. The van der Waals surface area contributed by atoms with Gasteiger partial charge in [0.2, 0.25) is 5.28 Å². The summed E-state index contributed by atoms with van der Waals surface area (Å²) in [5.41, 5.74) is 3.88. The third-order valence-electron chi connectivity index (χ3n) is 2.70. The number of nitrogens with one attached hydrogen (secondary N) is 1. The molecule has 3 rings (SSSR count). The SMILES string of the molecule is Oc1cccc(C=NNc2nc(Cl)nc3ccsc23)c1O. The number of phenols is 2. The van der Waals surface area contributed by atoms with E-state index in [1.54, 1.807) is 12.1 Å². The van der Waals surface area contributed by atoms with Crippen LogP contribution >= 0.6 is 22.9 Å². The molecule has 0 bridgehead atoms. The number of thiophene rings is 1. The molecule has 0 aliphatic heterocycles. The van der Waals surface area contributed by atoms with Crippen LogP contribution in [0.5, 0.6) is 11.5 Å². The van der Waals surface area contributed by atoms with E-state index in [1.165, 1.54) is 23.6 Å². The van der Waals surface area contributed by atoms with Crippen LogP contribution in [0.1, 0.15) is 5.56 Å². The van der Waals surface area contributed by atoms with Crippen molar-refractivity contribution in [1.82, 2.24) is 9.97 Å². The van der Waals surface area contributed by atoms with Gasteiger partial charge in [0.05, 0.1) is 16.4 Å². The highest BCUT2D eigenvalue weighted by Crippen LogP contribution is 2.28. The van der Waals surface area contributed by atoms with E-state index < -0.39 is 0 Å². The summed E-state index contributed by atoms with van der Waals surface area (Å²) in [6.45, 7) is 0. The first-order valence-corrected chi connectivity index (χ1v) is 7.11. The lowest BCUT2D eigenvalue weighted by Crippen LogP contribution is -1.95. The number of aromatic hydroxyl groups is 2. The van der Waals surface area contributed by atoms with Crippen LogP contribution in [0.3, 0.4) is 0 Å². The molecule has 0 atom stereocenters. The van der Waals surface area contributed by atoms with Crippen molar-refractivity contribution in [1.29, 1.82) is 0 Å². The number of para-hydroxylation sites is 1. The molecular formula is C13H9ClN4O2S. The molecule has 0 radical (unpaired) electrons. The number of benzene rings is 1. The van der Waals surface area contributed by atoms with Crippen LogP contribution in [0.2, 0.25) is 5.28 Å². The molecular weight excluding hydrogens is 312 g/mol. The van der Waals surface area contributed by atoms with Crippen molar-refractivity contribution in [2.45, 2.75) is 0 Å². The van der Waals surface area contributed by atoms with E-state index in [-0.39, 0.29) is 16.8 Å². The highest BCUT2D eigenvalue weighted by Gasteiger charge is 2.07. The molecule has 2 aromatic heterocycles. The maximum Gasteiger partial charge on any atom is 0.225 e. The zero-order valence-electron chi connectivity index (χ0n) is 10.5. The average Bonchev–Trinajstić information content (AvgIpc) is 2.91. The summed E-state index contributed by atoms with van der Waals surface area (Å²) in [6.07, 6.45) is 1.38. The fourth-order valence-corrected chi connectivity index (χ4v) is 2.67. The van der Waals surface area contributed by atoms with Crippen molar-refractivity contribution in [2.75, 3.05) is 5.43 Å². The predicted molar refractivity (Wildman–Crippen MR) is 83.4 cm³/mol. The average molecular weight is 321 g/mol. The maximum absolute atomic E-state index is 9.66. The Balaban J connectivity index is 1.88. The Morgan fingerprint density at radius 3 is 2.95 bits per heavy atom. The topological polar surface area (TPSA) is 90.6 Å². The second-order valence-electron chi connectivity index (χ2n) is 4.06. The Morgan fingerprint density at radius 1 is 1.24 bits per heavy atom. The zero-order chi connectivity index (χ0) is 14.8. The first kappa shape index (κ1) is 13.6. The largest absolute Gasteiger partial charge is 0.504 e. The number of hydrogen-bond acceptors (Lipinski definition) is 7. The van der Waals surface area contributed by atoms with Gasteiger partial charge in [-0.25, -0.2) is 4.98 Å². The summed E-state index contributed by atoms with van der Waals surface area (Å²) in [5.74, 6) is 0.0469. The lowest BCUT2D eigenvalue weighted by atomic mass is 10.2. The van der Waals surface area contributed by atoms with Gasteiger partial charge in [0.25, 0.3) is 0 Å². The minimum Gasteiger partial charge on any atom is -0.504 e. The molecule has 3 N–H and O–H groups in total. The number of phenolic OH excluding ortho intramolecular Hbond substituents is 2. The Labute approximate surface area is 128 Å². The van der Waals surface area contributed by atoms with E-state index in [0.717, 1.165) is 10.2 Å². The number of nitrogens with zero attached hydrogens (tertiary/aromatic N) is 3. The summed E-state index contributed by atoms with van der Waals surface area (Å²) < 4.78 is 0.830. The monoisotopic (exact) mass is 320 g/mol. The second kappa shape index (κ2) is 5.55. The van der Waals surface area contributed by atoms with E-state index in [9.17, 15) is 10.2 Å². The molecule has 0 aliphatic rings. The van der Waals surface area contributed by atoms with Crippen LogP contribution in [-0.2, 0) is 0 Å². The summed E-state index contributed by atoms with van der Waals surface area (Å²) in [4.78, 5) is 8.16.